The molecule has 0 aliphatic carbocycles. The second kappa shape index (κ2) is 29.4. The van der Waals surface area contributed by atoms with Gasteiger partial charge in [0.15, 0.2) is 18.9 Å². The number of methoxy groups -OCH3 is 4. The van der Waals surface area contributed by atoms with E-state index in [4.69, 9.17) is 56.8 Å². The second-order valence-corrected chi connectivity index (χ2v) is 23.4. The lowest BCUT2D eigenvalue weighted by Crippen LogP contribution is -2.74. The van der Waals surface area contributed by atoms with E-state index in [0.29, 0.717) is 17.6 Å². The molecule has 81 heavy (non-hydrogen) atoms. The number of rotatable bonds is 15. The smallest absolute Gasteiger partial charge is 0.334 e. The second-order valence-electron chi connectivity index (χ2n) is 23.4. The Morgan fingerprint density at radius 1 is 0.716 bits per heavy atom. The average molecular weight is 1160 g/mol. The van der Waals surface area contributed by atoms with Crippen LogP contribution in [0.2, 0.25) is 0 Å². The molecule has 0 aromatic rings. The highest BCUT2D eigenvalue weighted by atomic mass is 16.7. The van der Waals surface area contributed by atoms with Crippen LogP contribution in [0.15, 0.2) is 70.1 Å². The molecule has 5 rings (SSSR count). The fourth-order valence-corrected chi connectivity index (χ4v) is 11.7. The summed E-state index contributed by atoms with van der Waals surface area (Å²) in [5.74, 6) is -4.64. The first-order chi connectivity index (χ1) is 37.8. The van der Waals surface area contributed by atoms with Gasteiger partial charge in [-0.3, -0.25) is 0 Å². The first-order valence-corrected chi connectivity index (χ1v) is 28.1. The monoisotopic (exact) mass is 1160 g/mol. The lowest BCUT2D eigenvalue weighted by Gasteiger charge is -2.57. The van der Waals surface area contributed by atoms with Crippen LogP contribution in [0, 0.1) is 11.8 Å². The summed E-state index contributed by atoms with van der Waals surface area (Å²) in [5, 5.41) is 102. The van der Waals surface area contributed by atoms with Gasteiger partial charge >= 0.3 is 5.97 Å². The molecule has 0 amide bonds. The van der Waals surface area contributed by atoms with Gasteiger partial charge in [-0.25, -0.2) is 4.79 Å². The maximum atomic E-state index is 14.4. The summed E-state index contributed by atoms with van der Waals surface area (Å²) in [7, 11) is 5.64. The van der Waals surface area contributed by atoms with Gasteiger partial charge in [0.05, 0.1) is 67.5 Å². The van der Waals surface area contributed by atoms with Gasteiger partial charge < -0.3 is 103 Å². The van der Waals surface area contributed by atoms with Crippen LogP contribution in [0.1, 0.15) is 115 Å². The number of ether oxygens (including phenoxy) is 12. The zero-order valence-corrected chi connectivity index (χ0v) is 50.2. The Hall–Kier alpha value is -3.05. The van der Waals surface area contributed by atoms with E-state index < -0.39 is 151 Å². The standard InChI is InChI=1S/C59H96O22/c1-29-20-30(2)24-40(60)43(72-15)27-42(77-55(67)34(6)25-39(71-14)23-31(3)22-33(5)50(32(4)21-29)79-56-49(64)48(63)47(62)36(8)76-56)35(7)59(69)54(73-16)53(66)58(12,44(80-59)18-17-19-70-13)81-45-26-41(61)51(37(9)74-45)78-46-28-57(11,68)52(65)38(10)75-46/h20-25,33,35-38,40-54,56,60-66,68-69H,17-19,26-28H2,1-16H3/b29-20+,30-24+,31-22+,32-21+,34-25+,39-23-/t33?,35?,36-,37+,38+,40?,41-,42?,43?,44?,45-,46-,47-,48+,49-,50?,51+,52+,53?,54?,56-,57+,58?,59?/m0/s1. The summed E-state index contributed by atoms with van der Waals surface area (Å²) in [6, 6.07) is 0. The minimum Gasteiger partial charge on any atom is -0.497 e. The SMILES string of the molecule is COCCCC1OC(O)(C(C)C2CC(OC)C(O)/C=C(C)/C=C(C)/C=C(\C)C(O[C@@H]3O[C@@H](C)[C@H](O)[C@@H](O)[C@@H]3O)C(C)/C=C(C)/C=C(OC)/C=C(\C)C(=O)O2)C(OC)C(O)C1(C)O[C@H]1C[C@H](O)[C@H](O[C@H]2C[C@@](C)(O)[C@H](O)[C@@H](C)O2)[C@@H](C)O1. The molecule has 22 nitrogen and oxygen atoms in total. The fraction of sp³-hybridized carbons (Fsp3) is 0.780. The Morgan fingerprint density at radius 3 is 1.98 bits per heavy atom. The molecule has 4 saturated heterocycles. The quantitative estimate of drug-likeness (QED) is 0.0840. The van der Waals surface area contributed by atoms with Crippen molar-refractivity contribution in [3.63, 3.8) is 0 Å². The first kappa shape index (κ1) is 68.7. The van der Waals surface area contributed by atoms with E-state index in [0.717, 1.165) is 11.1 Å². The molecule has 24 atom stereocenters. The van der Waals surface area contributed by atoms with Gasteiger partial charge in [0, 0.05) is 58.7 Å². The number of aliphatic hydroxyl groups is 9. The van der Waals surface area contributed by atoms with Crippen molar-refractivity contribution < 1.29 is 108 Å². The third-order valence-corrected chi connectivity index (χ3v) is 16.5. The molecule has 22 heteroatoms. The Balaban J connectivity index is 1.49. The highest BCUT2D eigenvalue weighted by molar-refractivity contribution is 5.88. The highest BCUT2D eigenvalue weighted by Crippen LogP contribution is 2.47. The molecule has 5 aliphatic rings. The van der Waals surface area contributed by atoms with Crippen molar-refractivity contribution in [3.8, 4) is 0 Å². The Morgan fingerprint density at radius 2 is 1.37 bits per heavy atom. The lowest BCUT2D eigenvalue weighted by atomic mass is 9.75. The number of carbonyl (C=O) groups excluding carboxylic acids is 1. The maximum absolute atomic E-state index is 14.4. The van der Waals surface area contributed by atoms with Crippen LogP contribution in [0.5, 0.6) is 0 Å². The van der Waals surface area contributed by atoms with Crippen LogP contribution >= 0.6 is 0 Å². The average Bonchev–Trinajstić information content (AvgIpc) is 3.57. The minimum absolute atomic E-state index is 0.0661. The van der Waals surface area contributed by atoms with Gasteiger partial charge in [-0.15, -0.1) is 0 Å². The predicted octanol–water partition coefficient (Wildman–Crippen LogP) is 3.22. The molecule has 9 N–H and O–H groups in total. The van der Waals surface area contributed by atoms with E-state index in [-0.39, 0.29) is 43.6 Å². The number of cyclic esters (lactones) is 1. The molecular formula is C59H96O22. The summed E-state index contributed by atoms with van der Waals surface area (Å²) in [6.07, 6.45) is -11.8. The molecule has 0 bridgehead atoms. The highest BCUT2D eigenvalue weighted by Gasteiger charge is 2.64. The van der Waals surface area contributed by atoms with Crippen molar-refractivity contribution in [2.75, 3.05) is 35.0 Å². The van der Waals surface area contributed by atoms with Crippen molar-refractivity contribution in [1.29, 1.82) is 0 Å². The van der Waals surface area contributed by atoms with Gasteiger partial charge in [0.1, 0.15) is 60.2 Å². The van der Waals surface area contributed by atoms with Crippen molar-refractivity contribution in [2.45, 2.75) is 249 Å². The van der Waals surface area contributed by atoms with Crippen molar-refractivity contribution in [2.24, 2.45) is 11.8 Å². The van der Waals surface area contributed by atoms with Crippen LogP contribution in [0.3, 0.4) is 0 Å². The molecule has 0 saturated carbocycles. The van der Waals surface area contributed by atoms with E-state index in [1.165, 1.54) is 48.4 Å². The maximum Gasteiger partial charge on any atom is 0.334 e. The van der Waals surface area contributed by atoms with E-state index in [1.807, 2.05) is 45.9 Å². The van der Waals surface area contributed by atoms with E-state index in [9.17, 15) is 50.8 Å². The number of allylic oxidation sites excluding steroid dienone is 7. The first-order valence-electron chi connectivity index (χ1n) is 28.1. The Bertz CT molecular complexity index is 2230. The van der Waals surface area contributed by atoms with Crippen LogP contribution < -0.4 is 0 Å². The third kappa shape index (κ3) is 16.7. The molecule has 0 radical (unpaired) electrons. The molecule has 0 aromatic heterocycles. The number of hydrogen-bond acceptors (Lipinski definition) is 22. The van der Waals surface area contributed by atoms with Crippen molar-refractivity contribution >= 4 is 5.97 Å². The summed E-state index contributed by atoms with van der Waals surface area (Å²) in [5.41, 5.74) is -0.327. The molecular weight excluding hydrogens is 1060 g/mol. The zero-order valence-electron chi connectivity index (χ0n) is 50.2. The van der Waals surface area contributed by atoms with Gasteiger partial charge in [-0.2, -0.15) is 0 Å². The molecule has 5 aliphatic heterocycles. The van der Waals surface area contributed by atoms with Crippen LogP contribution in [-0.4, -0.2) is 220 Å². The predicted molar refractivity (Wildman–Crippen MR) is 293 cm³/mol. The topological polar surface area (TPSA) is 310 Å². The summed E-state index contributed by atoms with van der Waals surface area (Å²) in [6.45, 7) is 20.5. The van der Waals surface area contributed by atoms with Gasteiger partial charge in [-0.05, 0) is 99.8 Å². The number of aliphatic hydroxyl groups excluding tert-OH is 7. The number of esters is 1. The Kier molecular flexibility index (Phi) is 24.9. The molecule has 464 valence electrons. The Labute approximate surface area is 477 Å². The number of carbonyl (C=O) groups is 1. The summed E-state index contributed by atoms with van der Waals surface area (Å²) in [4.78, 5) is 14.4. The van der Waals surface area contributed by atoms with Crippen LogP contribution in [0.25, 0.3) is 0 Å². The van der Waals surface area contributed by atoms with Gasteiger partial charge in [0.25, 0.3) is 0 Å². The molecule has 0 spiro atoms. The minimum atomic E-state index is -2.44. The van der Waals surface area contributed by atoms with Crippen molar-refractivity contribution in [3.05, 3.63) is 70.1 Å². The van der Waals surface area contributed by atoms with E-state index in [2.05, 4.69) is 0 Å². The molecule has 0 aromatic carbocycles. The third-order valence-electron chi connectivity index (χ3n) is 16.5. The lowest BCUT2D eigenvalue weighted by molar-refractivity contribution is -0.416. The largest absolute Gasteiger partial charge is 0.497 e. The van der Waals surface area contributed by atoms with Crippen LogP contribution in [-0.2, 0) is 61.6 Å². The van der Waals surface area contributed by atoms with E-state index in [1.54, 1.807) is 53.7 Å². The van der Waals surface area contributed by atoms with Crippen LogP contribution in [0.4, 0.5) is 0 Å². The molecule has 4 fully saturated rings. The number of hydrogen-bond donors (Lipinski definition) is 9. The van der Waals surface area contributed by atoms with E-state index >= 15 is 0 Å². The van der Waals surface area contributed by atoms with Gasteiger partial charge in [0.2, 0.25) is 5.79 Å². The zero-order chi connectivity index (χ0) is 60.6. The van der Waals surface area contributed by atoms with Gasteiger partial charge in [-0.1, -0.05) is 54.9 Å². The summed E-state index contributed by atoms with van der Waals surface area (Å²) < 4.78 is 73.2. The fourth-order valence-electron chi connectivity index (χ4n) is 11.7. The summed E-state index contributed by atoms with van der Waals surface area (Å²) >= 11 is 0. The molecule has 11 unspecified atom stereocenters. The van der Waals surface area contributed by atoms with Crippen molar-refractivity contribution in [1.82, 2.24) is 0 Å². The molecule has 5 heterocycles. The normalized spacial score (nSPS) is 47.2.